The highest BCUT2D eigenvalue weighted by molar-refractivity contribution is 5.61. The minimum absolute atomic E-state index is 0.121. The first kappa shape index (κ1) is 13.0. The Kier molecular flexibility index (Phi) is 3.76. The molecule has 0 saturated heterocycles. The number of anilines is 3. The third-order valence-electron chi connectivity index (χ3n) is 2.61. The molecule has 0 bridgehead atoms. The van der Waals surface area contributed by atoms with Crippen LogP contribution in [0, 0.1) is 5.82 Å². The van der Waals surface area contributed by atoms with E-state index >= 15 is 0 Å². The van der Waals surface area contributed by atoms with Crippen molar-refractivity contribution in [2.45, 2.75) is 0 Å². The molecule has 2 aromatic rings. The molecular formula is C12H14FN5O. The molecule has 0 saturated carbocycles. The zero-order valence-electron chi connectivity index (χ0n) is 10.6. The Labute approximate surface area is 110 Å². The van der Waals surface area contributed by atoms with Crippen molar-refractivity contribution in [3.05, 3.63) is 36.3 Å². The van der Waals surface area contributed by atoms with E-state index in [1.165, 1.54) is 0 Å². The quantitative estimate of drug-likeness (QED) is 0.645. The van der Waals surface area contributed by atoms with E-state index in [4.69, 9.17) is 10.6 Å². The van der Waals surface area contributed by atoms with Gasteiger partial charge in [-0.05, 0) is 12.1 Å². The number of hydrazine groups is 1. The number of ether oxygens (including phenoxy) is 1. The molecule has 0 atom stereocenters. The van der Waals surface area contributed by atoms with Crippen molar-refractivity contribution in [1.29, 1.82) is 0 Å². The summed E-state index contributed by atoms with van der Waals surface area (Å²) in [6.07, 6.45) is 1.06. The Bertz CT molecular complexity index is 578. The van der Waals surface area contributed by atoms with E-state index in [0.29, 0.717) is 5.75 Å². The Hall–Kier alpha value is -2.41. The van der Waals surface area contributed by atoms with Crippen LogP contribution < -0.4 is 20.9 Å². The van der Waals surface area contributed by atoms with Crippen molar-refractivity contribution in [2.75, 3.05) is 24.5 Å². The average molecular weight is 263 g/mol. The Morgan fingerprint density at radius 1 is 1.42 bits per heavy atom. The molecule has 6 nitrogen and oxygen atoms in total. The number of rotatable bonds is 4. The van der Waals surface area contributed by atoms with E-state index < -0.39 is 5.82 Å². The van der Waals surface area contributed by atoms with Gasteiger partial charge in [0, 0.05) is 18.8 Å². The van der Waals surface area contributed by atoms with Gasteiger partial charge in [0.2, 0.25) is 5.95 Å². The highest BCUT2D eigenvalue weighted by atomic mass is 19.1. The molecule has 7 heteroatoms. The molecule has 0 radical (unpaired) electrons. The third-order valence-corrected chi connectivity index (χ3v) is 2.61. The van der Waals surface area contributed by atoms with Gasteiger partial charge < -0.3 is 9.64 Å². The second kappa shape index (κ2) is 5.49. The van der Waals surface area contributed by atoms with Crippen LogP contribution in [-0.4, -0.2) is 24.1 Å². The minimum Gasteiger partial charge on any atom is -0.497 e. The van der Waals surface area contributed by atoms with Crippen LogP contribution in [0.4, 0.5) is 21.8 Å². The van der Waals surface area contributed by atoms with Crippen LogP contribution in [0.1, 0.15) is 0 Å². The number of nitrogens with zero attached hydrogens (tertiary/aromatic N) is 3. The highest BCUT2D eigenvalue weighted by Crippen LogP contribution is 2.27. The van der Waals surface area contributed by atoms with Gasteiger partial charge in [0.15, 0.2) is 11.6 Å². The molecule has 0 unspecified atom stereocenters. The Morgan fingerprint density at radius 3 is 2.89 bits per heavy atom. The number of hydrogen-bond donors (Lipinski definition) is 2. The first-order valence-corrected chi connectivity index (χ1v) is 5.52. The van der Waals surface area contributed by atoms with Crippen molar-refractivity contribution in [3.63, 3.8) is 0 Å². The van der Waals surface area contributed by atoms with Crippen LogP contribution in [0.3, 0.4) is 0 Å². The van der Waals surface area contributed by atoms with Gasteiger partial charge in [0.1, 0.15) is 5.75 Å². The molecule has 1 aromatic heterocycles. The number of benzene rings is 1. The molecule has 0 spiro atoms. The third kappa shape index (κ3) is 2.71. The molecule has 0 aliphatic heterocycles. The monoisotopic (exact) mass is 263 g/mol. The zero-order chi connectivity index (χ0) is 13.8. The summed E-state index contributed by atoms with van der Waals surface area (Å²) < 4.78 is 18.9. The topological polar surface area (TPSA) is 76.3 Å². The Balaban J connectivity index is 2.39. The lowest BCUT2D eigenvalue weighted by atomic mass is 10.3. The molecule has 0 aliphatic rings. The lowest BCUT2D eigenvalue weighted by Crippen LogP contribution is -2.17. The van der Waals surface area contributed by atoms with Crippen molar-refractivity contribution in [3.8, 4) is 5.75 Å². The van der Waals surface area contributed by atoms with E-state index in [2.05, 4.69) is 15.4 Å². The number of aromatic nitrogens is 2. The van der Waals surface area contributed by atoms with E-state index in [9.17, 15) is 4.39 Å². The second-order valence-electron chi connectivity index (χ2n) is 3.77. The largest absolute Gasteiger partial charge is 0.497 e. The minimum atomic E-state index is -0.538. The molecule has 1 heterocycles. The number of nitrogens with one attached hydrogen (secondary N) is 1. The number of methoxy groups -OCH3 is 1. The summed E-state index contributed by atoms with van der Waals surface area (Å²) in [6.45, 7) is 0. The number of nitrogen functional groups attached to an aromatic ring is 1. The normalized spacial score (nSPS) is 10.1. The fourth-order valence-electron chi connectivity index (χ4n) is 1.60. The Morgan fingerprint density at radius 2 is 2.21 bits per heavy atom. The maximum absolute atomic E-state index is 13.8. The van der Waals surface area contributed by atoms with Gasteiger partial charge in [-0.15, -0.1) is 0 Å². The van der Waals surface area contributed by atoms with Crippen LogP contribution in [0.25, 0.3) is 0 Å². The van der Waals surface area contributed by atoms with Gasteiger partial charge in [-0.2, -0.15) is 4.98 Å². The molecule has 1 aromatic carbocycles. The summed E-state index contributed by atoms with van der Waals surface area (Å²) in [5.74, 6) is 5.62. The van der Waals surface area contributed by atoms with E-state index in [1.807, 2.05) is 12.1 Å². The van der Waals surface area contributed by atoms with Crippen molar-refractivity contribution < 1.29 is 9.13 Å². The van der Waals surface area contributed by atoms with Crippen LogP contribution >= 0.6 is 0 Å². The second-order valence-corrected chi connectivity index (χ2v) is 3.77. The number of nitrogens with two attached hydrogens (primary N) is 1. The number of hydrogen-bond acceptors (Lipinski definition) is 6. The molecule has 0 aliphatic carbocycles. The molecule has 100 valence electrons. The van der Waals surface area contributed by atoms with Crippen LogP contribution in [-0.2, 0) is 0 Å². The summed E-state index contributed by atoms with van der Waals surface area (Å²) in [4.78, 5) is 9.26. The molecule has 0 amide bonds. The first-order chi connectivity index (χ1) is 9.15. The molecule has 3 N–H and O–H groups in total. The predicted molar refractivity (Wildman–Crippen MR) is 70.9 cm³/mol. The summed E-state index contributed by atoms with van der Waals surface area (Å²) in [5, 5.41) is 0. The van der Waals surface area contributed by atoms with Gasteiger partial charge in [0.05, 0.1) is 13.3 Å². The highest BCUT2D eigenvalue weighted by Gasteiger charge is 2.13. The SMILES string of the molecule is COc1cccc(N(C)c2nc(NN)ncc2F)c1. The summed E-state index contributed by atoms with van der Waals surface area (Å²) in [7, 11) is 3.27. The summed E-state index contributed by atoms with van der Waals surface area (Å²) >= 11 is 0. The molecule has 0 fully saturated rings. The smallest absolute Gasteiger partial charge is 0.239 e. The van der Waals surface area contributed by atoms with E-state index in [-0.39, 0.29) is 11.8 Å². The fourth-order valence-corrected chi connectivity index (χ4v) is 1.60. The van der Waals surface area contributed by atoms with E-state index in [1.54, 1.807) is 31.2 Å². The zero-order valence-corrected chi connectivity index (χ0v) is 10.6. The van der Waals surface area contributed by atoms with Crippen molar-refractivity contribution >= 4 is 17.5 Å². The molecule has 2 rings (SSSR count). The van der Waals surface area contributed by atoms with Gasteiger partial charge in [0.25, 0.3) is 0 Å². The van der Waals surface area contributed by atoms with Crippen LogP contribution in [0.5, 0.6) is 5.75 Å². The van der Waals surface area contributed by atoms with Gasteiger partial charge in [-0.25, -0.2) is 15.2 Å². The van der Waals surface area contributed by atoms with Gasteiger partial charge in [-0.1, -0.05) is 6.07 Å². The van der Waals surface area contributed by atoms with E-state index in [0.717, 1.165) is 11.9 Å². The first-order valence-electron chi connectivity index (χ1n) is 5.52. The maximum atomic E-state index is 13.8. The standard InChI is InChI=1S/C12H14FN5O/c1-18(8-4-3-5-9(6-8)19-2)11-10(13)7-15-12(16-11)17-14/h3-7H,14H2,1-2H3,(H,15,16,17). The maximum Gasteiger partial charge on any atom is 0.239 e. The van der Waals surface area contributed by atoms with Gasteiger partial charge in [-0.3, -0.25) is 5.43 Å². The molecular weight excluding hydrogens is 249 g/mol. The van der Waals surface area contributed by atoms with Crippen LogP contribution in [0.15, 0.2) is 30.5 Å². The predicted octanol–water partition coefficient (Wildman–Crippen LogP) is 1.68. The van der Waals surface area contributed by atoms with Crippen molar-refractivity contribution in [2.24, 2.45) is 5.84 Å². The molecule has 19 heavy (non-hydrogen) atoms. The van der Waals surface area contributed by atoms with Gasteiger partial charge >= 0.3 is 0 Å². The summed E-state index contributed by atoms with van der Waals surface area (Å²) in [5.41, 5.74) is 3.02. The lowest BCUT2D eigenvalue weighted by Gasteiger charge is -2.19. The van der Waals surface area contributed by atoms with Crippen molar-refractivity contribution in [1.82, 2.24) is 9.97 Å². The van der Waals surface area contributed by atoms with Crippen LogP contribution in [0.2, 0.25) is 0 Å². The average Bonchev–Trinajstić information content (AvgIpc) is 2.47. The lowest BCUT2D eigenvalue weighted by molar-refractivity contribution is 0.415. The fraction of sp³-hybridized carbons (Fsp3) is 0.167. The number of halogens is 1. The summed E-state index contributed by atoms with van der Waals surface area (Å²) in [6, 6.07) is 7.21.